The number of halogens is 1. The SMILES string of the molecule is CC(C)Nc1ccc(C(=O)Nc2cccc(F)c2)nn1. The van der Waals surface area contributed by atoms with E-state index in [4.69, 9.17) is 0 Å². The highest BCUT2D eigenvalue weighted by Gasteiger charge is 2.09. The number of rotatable bonds is 4. The van der Waals surface area contributed by atoms with E-state index < -0.39 is 11.7 Å². The van der Waals surface area contributed by atoms with Crippen molar-refractivity contribution in [1.29, 1.82) is 0 Å². The topological polar surface area (TPSA) is 66.9 Å². The van der Waals surface area contributed by atoms with Crippen molar-refractivity contribution in [2.45, 2.75) is 19.9 Å². The van der Waals surface area contributed by atoms with Gasteiger partial charge in [-0.15, -0.1) is 10.2 Å². The fourth-order valence-corrected chi connectivity index (χ4v) is 1.59. The van der Waals surface area contributed by atoms with Crippen LogP contribution in [0.3, 0.4) is 0 Å². The maximum atomic E-state index is 13.0. The fraction of sp³-hybridized carbons (Fsp3) is 0.214. The summed E-state index contributed by atoms with van der Waals surface area (Å²) in [5.41, 5.74) is 0.546. The highest BCUT2D eigenvalue weighted by atomic mass is 19.1. The molecule has 1 amide bonds. The van der Waals surface area contributed by atoms with Crippen molar-refractivity contribution in [2.75, 3.05) is 10.6 Å². The lowest BCUT2D eigenvalue weighted by Crippen LogP contribution is -2.16. The molecule has 104 valence electrons. The second-order valence-corrected chi connectivity index (χ2v) is 4.57. The number of anilines is 2. The number of hydrogen-bond donors (Lipinski definition) is 2. The minimum absolute atomic E-state index is 0.170. The molecule has 0 atom stereocenters. The standard InChI is InChI=1S/C14H15FN4O/c1-9(2)16-13-7-6-12(18-19-13)14(20)17-11-5-3-4-10(15)8-11/h3-9H,1-2H3,(H,16,19)(H,17,20). The lowest BCUT2D eigenvalue weighted by Gasteiger charge is -2.08. The van der Waals surface area contributed by atoms with E-state index in [1.807, 2.05) is 13.8 Å². The highest BCUT2D eigenvalue weighted by Crippen LogP contribution is 2.11. The van der Waals surface area contributed by atoms with Gasteiger partial charge in [-0.05, 0) is 44.2 Å². The molecule has 0 bridgehead atoms. The van der Waals surface area contributed by atoms with E-state index in [1.54, 1.807) is 18.2 Å². The van der Waals surface area contributed by atoms with Crippen LogP contribution in [-0.2, 0) is 0 Å². The summed E-state index contributed by atoms with van der Waals surface area (Å²) < 4.78 is 13.0. The zero-order valence-electron chi connectivity index (χ0n) is 11.2. The first-order valence-corrected chi connectivity index (χ1v) is 6.22. The predicted octanol–water partition coefficient (Wildman–Crippen LogP) is 2.69. The van der Waals surface area contributed by atoms with Gasteiger partial charge in [0.2, 0.25) is 0 Å². The molecule has 0 spiro atoms. The molecule has 0 radical (unpaired) electrons. The Kier molecular flexibility index (Phi) is 4.24. The first-order valence-electron chi connectivity index (χ1n) is 6.22. The van der Waals surface area contributed by atoms with Gasteiger partial charge in [-0.3, -0.25) is 4.79 Å². The molecule has 1 heterocycles. The zero-order valence-corrected chi connectivity index (χ0v) is 11.2. The summed E-state index contributed by atoms with van der Waals surface area (Å²) in [5.74, 6) is -0.244. The maximum Gasteiger partial charge on any atom is 0.276 e. The van der Waals surface area contributed by atoms with Crippen molar-refractivity contribution in [3.8, 4) is 0 Å². The van der Waals surface area contributed by atoms with Gasteiger partial charge in [0, 0.05) is 11.7 Å². The van der Waals surface area contributed by atoms with Crippen molar-refractivity contribution in [3.05, 3.63) is 47.9 Å². The number of nitrogens with zero attached hydrogens (tertiary/aromatic N) is 2. The molecule has 0 saturated heterocycles. The Balaban J connectivity index is 2.06. The third-order valence-electron chi connectivity index (χ3n) is 2.42. The second kappa shape index (κ2) is 6.10. The second-order valence-electron chi connectivity index (χ2n) is 4.57. The zero-order chi connectivity index (χ0) is 14.5. The predicted molar refractivity (Wildman–Crippen MR) is 75.1 cm³/mol. The maximum absolute atomic E-state index is 13.0. The molecule has 20 heavy (non-hydrogen) atoms. The minimum atomic E-state index is -0.431. The van der Waals surface area contributed by atoms with Crippen LogP contribution in [0.5, 0.6) is 0 Å². The Morgan fingerprint density at radius 1 is 1.20 bits per heavy atom. The van der Waals surface area contributed by atoms with Crippen molar-refractivity contribution >= 4 is 17.4 Å². The van der Waals surface area contributed by atoms with Gasteiger partial charge >= 0.3 is 0 Å². The molecular weight excluding hydrogens is 259 g/mol. The van der Waals surface area contributed by atoms with Crippen LogP contribution in [0, 0.1) is 5.82 Å². The van der Waals surface area contributed by atoms with E-state index in [0.29, 0.717) is 11.5 Å². The van der Waals surface area contributed by atoms with Gasteiger partial charge in [-0.1, -0.05) is 6.07 Å². The van der Waals surface area contributed by atoms with Crippen LogP contribution in [0.4, 0.5) is 15.9 Å². The van der Waals surface area contributed by atoms with Gasteiger partial charge in [0.15, 0.2) is 5.69 Å². The van der Waals surface area contributed by atoms with Gasteiger partial charge in [-0.2, -0.15) is 0 Å². The summed E-state index contributed by atoms with van der Waals surface area (Å²) in [6, 6.07) is 9.13. The van der Waals surface area contributed by atoms with E-state index in [9.17, 15) is 9.18 Å². The van der Waals surface area contributed by atoms with Crippen LogP contribution in [0.25, 0.3) is 0 Å². The number of amides is 1. The summed E-state index contributed by atoms with van der Waals surface area (Å²) >= 11 is 0. The first-order chi connectivity index (χ1) is 9.54. The molecule has 1 aromatic heterocycles. The Labute approximate surface area is 116 Å². The average molecular weight is 274 g/mol. The molecule has 1 aromatic carbocycles. The molecule has 0 fully saturated rings. The van der Waals surface area contributed by atoms with Gasteiger partial charge in [0.05, 0.1) is 0 Å². The lowest BCUT2D eigenvalue weighted by atomic mass is 10.3. The van der Waals surface area contributed by atoms with Gasteiger partial charge in [-0.25, -0.2) is 4.39 Å². The largest absolute Gasteiger partial charge is 0.366 e. The van der Waals surface area contributed by atoms with Crippen molar-refractivity contribution in [2.24, 2.45) is 0 Å². The van der Waals surface area contributed by atoms with Crippen LogP contribution in [0.15, 0.2) is 36.4 Å². The molecule has 0 aliphatic carbocycles. The molecule has 0 aliphatic heterocycles. The smallest absolute Gasteiger partial charge is 0.276 e. The van der Waals surface area contributed by atoms with Crippen LogP contribution >= 0.6 is 0 Å². The average Bonchev–Trinajstić information content (AvgIpc) is 2.38. The van der Waals surface area contributed by atoms with Gasteiger partial charge < -0.3 is 10.6 Å². The van der Waals surface area contributed by atoms with Crippen molar-refractivity contribution in [3.63, 3.8) is 0 Å². The normalized spacial score (nSPS) is 10.4. The van der Waals surface area contributed by atoms with Crippen LogP contribution < -0.4 is 10.6 Å². The summed E-state index contributed by atoms with van der Waals surface area (Å²) in [5, 5.41) is 13.4. The number of benzene rings is 1. The van der Waals surface area contributed by atoms with Crippen molar-refractivity contribution < 1.29 is 9.18 Å². The quantitative estimate of drug-likeness (QED) is 0.899. The molecule has 0 aliphatic rings. The molecule has 6 heteroatoms. The third-order valence-corrected chi connectivity index (χ3v) is 2.42. The number of aromatic nitrogens is 2. The van der Waals surface area contributed by atoms with Crippen molar-refractivity contribution in [1.82, 2.24) is 10.2 Å². The van der Waals surface area contributed by atoms with E-state index in [0.717, 1.165) is 0 Å². The van der Waals surface area contributed by atoms with Crippen LogP contribution in [0.1, 0.15) is 24.3 Å². The molecule has 2 rings (SSSR count). The van der Waals surface area contributed by atoms with E-state index in [-0.39, 0.29) is 11.7 Å². The Morgan fingerprint density at radius 2 is 2.00 bits per heavy atom. The summed E-state index contributed by atoms with van der Waals surface area (Å²) in [6.45, 7) is 3.96. The number of nitrogens with one attached hydrogen (secondary N) is 2. The summed E-state index contributed by atoms with van der Waals surface area (Å²) in [4.78, 5) is 11.9. The van der Waals surface area contributed by atoms with E-state index in [1.165, 1.54) is 18.2 Å². The summed E-state index contributed by atoms with van der Waals surface area (Å²) in [6.07, 6.45) is 0. The monoisotopic (exact) mass is 274 g/mol. The molecule has 2 aromatic rings. The minimum Gasteiger partial charge on any atom is -0.366 e. The number of carbonyl (C=O) groups excluding carboxylic acids is 1. The molecule has 5 nitrogen and oxygen atoms in total. The third kappa shape index (κ3) is 3.74. The highest BCUT2D eigenvalue weighted by molar-refractivity contribution is 6.02. The Hall–Kier alpha value is -2.50. The lowest BCUT2D eigenvalue weighted by molar-refractivity contribution is 0.102. The summed E-state index contributed by atoms with van der Waals surface area (Å²) in [7, 11) is 0. The Bertz CT molecular complexity index is 598. The first kappa shape index (κ1) is 13.9. The van der Waals surface area contributed by atoms with Gasteiger partial charge in [0.25, 0.3) is 5.91 Å². The van der Waals surface area contributed by atoms with E-state index in [2.05, 4.69) is 20.8 Å². The fourth-order valence-electron chi connectivity index (χ4n) is 1.59. The number of carbonyl (C=O) groups is 1. The van der Waals surface area contributed by atoms with Gasteiger partial charge in [0.1, 0.15) is 11.6 Å². The molecular formula is C14H15FN4O. The number of hydrogen-bond acceptors (Lipinski definition) is 4. The van der Waals surface area contributed by atoms with Crippen LogP contribution in [0.2, 0.25) is 0 Å². The molecule has 0 unspecified atom stereocenters. The molecule has 2 N–H and O–H groups in total. The van der Waals surface area contributed by atoms with Crippen LogP contribution in [-0.4, -0.2) is 22.1 Å². The Morgan fingerprint density at radius 3 is 2.60 bits per heavy atom. The molecule has 0 saturated carbocycles. The van der Waals surface area contributed by atoms with E-state index >= 15 is 0 Å².